The fourth-order valence-corrected chi connectivity index (χ4v) is 3.28. The smallest absolute Gasteiger partial charge is 0.261 e. The van der Waals surface area contributed by atoms with Gasteiger partial charge in [0.25, 0.3) is 5.91 Å². The Balaban J connectivity index is 1.72. The Morgan fingerprint density at radius 2 is 1.64 bits per heavy atom. The summed E-state index contributed by atoms with van der Waals surface area (Å²) in [6.07, 6.45) is 1.47. The molecule has 2 N–H and O–H groups in total. The van der Waals surface area contributed by atoms with E-state index >= 15 is 0 Å². The van der Waals surface area contributed by atoms with Crippen molar-refractivity contribution in [3.05, 3.63) is 99.8 Å². The van der Waals surface area contributed by atoms with E-state index in [1.54, 1.807) is 12.1 Å². The van der Waals surface area contributed by atoms with E-state index in [0.717, 1.165) is 11.1 Å². The Hall–Kier alpha value is -3.66. The fraction of sp³-hybridized carbons (Fsp3) is 0.0833. The van der Waals surface area contributed by atoms with Gasteiger partial charge in [-0.15, -0.1) is 0 Å². The van der Waals surface area contributed by atoms with E-state index in [4.69, 9.17) is 0 Å². The van der Waals surface area contributed by atoms with Gasteiger partial charge in [-0.2, -0.15) is 0 Å². The minimum absolute atomic E-state index is 0.0913. The topological polar surface area (TPSA) is 62.0 Å². The van der Waals surface area contributed by atoms with Crippen LogP contribution in [-0.4, -0.2) is 10.9 Å². The summed E-state index contributed by atoms with van der Waals surface area (Å²) in [6.45, 7) is 4.13. The van der Waals surface area contributed by atoms with E-state index in [9.17, 15) is 9.59 Å². The van der Waals surface area contributed by atoms with Crippen LogP contribution in [0.3, 0.4) is 0 Å². The average Bonchev–Trinajstić information content (AvgIpc) is 2.71. The van der Waals surface area contributed by atoms with E-state index in [-0.39, 0.29) is 11.0 Å². The highest BCUT2D eigenvalue weighted by Crippen LogP contribution is 2.29. The van der Waals surface area contributed by atoms with Crippen LogP contribution >= 0.6 is 0 Å². The molecule has 28 heavy (non-hydrogen) atoms. The van der Waals surface area contributed by atoms with Crippen LogP contribution < -0.4 is 10.7 Å². The summed E-state index contributed by atoms with van der Waals surface area (Å²) in [4.78, 5) is 28.6. The molecule has 0 aliphatic rings. The Kier molecular flexibility index (Phi) is 4.53. The van der Waals surface area contributed by atoms with Crippen LogP contribution in [0.4, 0.5) is 5.69 Å². The van der Waals surface area contributed by atoms with Crippen LogP contribution in [0, 0.1) is 13.8 Å². The highest BCUT2D eigenvalue weighted by atomic mass is 16.2. The maximum atomic E-state index is 12.9. The van der Waals surface area contributed by atoms with Gasteiger partial charge in [0.1, 0.15) is 5.56 Å². The van der Waals surface area contributed by atoms with Gasteiger partial charge in [0.2, 0.25) is 5.43 Å². The molecule has 0 bridgehead atoms. The first-order chi connectivity index (χ1) is 13.5. The number of rotatable bonds is 3. The van der Waals surface area contributed by atoms with Gasteiger partial charge in [0, 0.05) is 28.4 Å². The zero-order valence-electron chi connectivity index (χ0n) is 15.7. The first-order valence-electron chi connectivity index (χ1n) is 9.13. The lowest BCUT2D eigenvalue weighted by atomic mass is 9.99. The highest BCUT2D eigenvalue weighted by molar-refractivity contribution is 6.07. The molecular formula is C24H20N2O2. The van der Waals surface area contributed by atoms with Gasteiger partial charge in [-0.25, -0.2) is 0 Å². The number of anilines is 1. The summed E-state index contributed by atoms with van der Waals surface area (Å²) in [5.41, 5.74) is 5.52. The minimum Gasteiger partial charge on any atom is -0.360 e. The molecular weight excluding hydrogens is 348 g/mol. The molecule has 0 saturated carbocycles. The lowest BCUT2D eigenvalue weighted by molar-refractivity contribution is 0.102. The zero-order chi connectivity index (χ0) is 19.7. The number of para-hydroxylation sites is 2. The number of carbonyl (C=O) groups is 1. The van der Waals surface area contributed by atoms with Crippen LogP contribution in [0.25, 0.3) is 22.0 Å². The second-order valence-corrected chi connectivity index (χ2v) is 6.88. The van der Waals surface area contributed by atoms with Crippen molar-refractivity contribution in [2.24, 2.45) is 0 Å². The van der Waals surface area contributed by atoms with Crippen molar-refractivity contribution in [3.63, 3.8) is 0 Å². The predicted molar refractivity (Wildman–Crippen MR) is 114 cm³/mol. The molecule has 1 amide bonds. The van der Waals surface area contributed by atoms with Gasteiger partial charge < -0.3 is 10.3 Å². The van der Waals surface area contributed by atoms with Crippen LogP contribution in [0.2, 0.25) is 0 Å². The summed E-state index contributed by atoms with van der Waals surface area (Å²) in [5, 5.41) is 3.40. The van der Waals surface area contributed by atoms with Crippen molar-refractivity contribution in [3.8, 4) is 11.1 Å². The normalized spacial score (nSPS) is 10.8. The van der Waals surface area contributed by atoms with Crippen molar-refractivity contribution >= 4 is 22.5 Å². The number of amides is 1. The number of hydrogen-bond donors (Lipinski definition) is 2. The van der Waals surface area contributed by atoms with Crippen LogP contribution in [0.1, 0.15) is 21.5 Å². The molecule has 0 radical (unpaired) electrons. The maximum absolute atomic E-state index is 12.9. The zero-order valence-corrected chi connectivity index (χ0v) is 15.7. The van der Waals surface area contributed by atoms with Gasteiger partial charge in [0.05, 0.1) is 0 Å². The number of pyridine rings is 1. The molecule has 0 aliphatic carbocycles. The van der Waals surface area contributed by atoms with E-state index in [2.05, 4.69) is 36.3 Å². The molecule has 0 saturated heterocycles. The maximum Gasteiger partial charge on any atom is 0.261 e. The first kappa shape index (κ1) is 17.7. The van der Waals surface area contributed by atoms with E-state index in [1.807, 2.05) is 42.5 Å². The predicted octanol–water partition coefficient (Wildman–Crippen LogP) is 5.06. The monoisotopic (exact) mass is 368 g/mol. The Labute approximate surface area is 162 Å². The fourth-order valence-electron chi connectivity index (χ4n) is 3.28. The molecule has 4 rings (SSSR count). The summed E-state index contributed by atoms with van der Waals surface area (Å²) < 4.78 is 0. The third-order valence-corrected chi connectivity index (χ3v) is 5.03. The second kappa shape index (κ2) is 7.16. The molecule has 4 aromatic rings. The third-order valence-electron chi connectivity index (χ3n) is 5.03. The number of aryl methyl sites for hydroxylation is 2. The number of aromatic nitrogens is 1. The molecule has 0 spiro atoms. The van der Waals surface area contributed by atoms with E-state index < -0.39 is 5.91 Å². The third kappa shape index (κ3) is 3.21. The van der Waals surface area contributed by atoms with Crippen molar-refractivity contribution in [1.29, 1.82) is 0 Å². The SMILES string of the molecule is Cc1ccc(-c2ccccc2NC(=O)c2c[nH]c3ccccc3c2=O)cc1C. The highest BCUT2D eigenvalue weighted by Gasteiger charge is 2.15. The van der Waals surface area contributed by atoms with Crippen molar-refractivity contribution in [2.75, 3.05) is 5.32 Å². The largest absolute Gasteiger partial charge is 0.360 e. The standard InChI is InChI=1S/C24H20N2O2/c1-15-11-12-17(13-16(15)2)18-7-3-6-10-22(18)26-24(28)20-14-25-21-9-5-4-8-19(21)23(20)27/h3-14H,1-2H3,(H,25,27)(H,26,28). The van der Waals surface area contributed by atoms with Crippen LogP contribution in [0.15, 0.2) is 77.7 Å². The van der Waals surface area contributed by atoms with Crippen molar-refractivity contribution in [1.82, 2.24) is 4.98 Å². The summed E-state index contributed by atoms with van der Waals surface area (Å²) in [7, 11) is 0. The molecule has 138 valence electrons. The molecule has 3 aromatic carbocycles. The minimum atomic E-state index is -0.428. The number of benzene rings is 3. The number of hydrogen-bond acceptors (Lipinski definition) is 2. The molecule has 4 heteroatoms. The van der Waals surface area contributed by atoms with Gasteiger partial charge >= 0.3 is 0 Å². The van der Waals surface area contributed by atoms with Crippen molar-refractivity contribution < 1.29 is 4.79 Å². The summed E-state index contributed by atoms with van der Waals surface area (Å²) >= 11 is 0. The number of aromatic amines is 1. The van der Waals surface area contributed by atoms with E-state index in [1.165, 1.54) is 17.3 Å². The number of H-pyrrole nitrogens is 1. The Morgan fingerprint density at radius 3 is 2.46 bits per heavy atom. The van der Waals surface area contributed by atoms with Crippen molar-refractivity contribution in [2.45, 2.75) is 13.8 Å². The molecule has 0 unspecified atom stereocenters. The molecule has 1 aromatic heterocycles. The number of fused-ring (bicyclic) bond motifs is 1. The van der Waals surface area contributed by atoms with Gasteiger partial charge in [-0.1, -0.05) is 48.5 Å². The average molecular weight is 368 g/mol. The quantitative estimate of drug-likeness (QED) is 0.531. The number of carbonyl (C=O) groups excluding carboxylic acids is 1. The lowest BCUT2D eigenvalue weighted by Crippen LogP contribution is -2.22. The van der Waals surface area contributed by atoms with Crippen LogP contribution in [-0.2, 0) is 0 Å². The molecule has 0 fully saturated rings. The van der Waals surface area contributed by atoms with E-state index in [0.29, 0.717) is 16.6 Å². The number of nitrogens with one attached hydrogen (secondary N) is 2. The lowest BCUT2D eigenvalue weighted by Gasteiger charge is -2.13. The molecule has 1 heterocycles. The first-order valence-corrected chi connectivity index (χ1v) is 9.13. The molecule has 0 atom stereocenters. The molecule has 0 aliphatic heterocycles. The molecule has 4 nitrogen and oxygen atoms in total. The van der Waals surface area contributed by atoms with Gasteiger partial charge in [-0.3, -0.25) is 9.59 Å². The van der Waals surface area contributed by atoms with Gasteiger partial charge in [0.15, 0.2) is 0 Å². The Morgan fingerprint density at radius 1 is 0.893 bits per heavy atom. The second-order valence-electron chi connectivity index (χ2n) is 6.88. The Bertz CT molecular complexity index is 1250. The summed E-state index contributed by atoms with van der Waals surface area (Å²) in [5.74, 6) is -0.428. The summed E-state index contributed by atoms with van der Waals surface area (Å²) in [6, 6.07) is 21.0. The van der Waals surface area contributed by atoms with Gasteiger partial charge in [-0.05, 0) is 48.7 Å². The van der Waals surface area contributed by atoms with Crippen LogP contribution in [0.5, 0.6) is 0 Å².